The maximum Gasteiger partial charge on any atom is 0.295 e. The highest BCUT2D eigenvalue weighted by Gasteiger charge is 2.46. The molecule has 1 heterocycles. The van der Waals surface area contributed by atoms with Crippen molar-refractivity contribution in [2.45, 2.75) is 19.4 Å². The van der Waals surface area contributed by atoms with Crippen molar-refractivity contribution in [3.8, 4) is 11.5 Å². The van der Waals surface area contributed by atoms with Crippen LogP contribution in [-0.2, 0) is 9.59 Å². The Bertz CT molecular complexity index is 1060. The number of ether oxygens (including phenoxy) is 2. The summed E-state index contributed by atoms with van der Waals surface area (Å²) in [5.41, 5.74) is 1.22. The number of nitrogens with zero attached hydrogens (tertiary/aromatic N) is 2. The Morgan fingerprint density at radius 3 is 2.50 bits per heavy atom. The number of benzene rings is 2. The molecule has 0 spiro atoms. The predicted molar refractivity (Wildman–Crippen MR) is 132 cm³/mol. The van der Waals surface area contributed by atoms with Gasteiger partial charge in [0.1, 0.15) is 12.4 Å². The van der Waals surface area contributed by atoms with Gasteiger partial charge >= 0.3 is 0 Å². The topological polar surface area (TPSA) is 79.3 Å². The van der Waals surface area contributed by atoms with Gasteiger partial charge in [-0.25, -0.2) is 0 Å². The van der Waals surface area contributed by atoms with Gasteiger partial charge < -0.3 is 24.4 Å². The molecule has 1 fully saturated rings. The number of carbonyl (C=O) groups is 2. The largest absolute Gasteiger partial charge is 0.507 e. The fourth-order valence-electron chi connectivity index (χ4n) is 4.00. The molecule has 1 unspecified atom stereocenters. The zero-order chi connectivity index (χ0) is 24.7. The molecule has 0 radical (unpaired) electrons. The fraction of sp³-hybridized carbons (Fsp3) is 0.333. The van der Waals surface area contributed by atoms with E-state index in [2.05, 4.69) is 6.58 Å². The highest BCUT2D eigenvalue weighted by atomic mass is 16.5. The van der Waals surface area contributed by atoms with Crippen molar-refractivity contribution in [1.82, 2.24) is 9.80 Å². The first-order valence-corrected chi connectivity index (χ1v) is 11.4. The van der Waals surface area contributed by atoms with Crippen molar-refractivity contribution in [3.63, 3.8) is 0 Å². The maximum atomic E-state index is 13.1. The van der Waals surface area contributed by atoms with Gasteiger partial charge in [0.25, 0.3) is 11.7 Å². The van der Waals surface area contributed by atoms with Crippen LogP contribution in [0.4, 0.5) is 0 Å². The molecule has 0 bridgehead atoms. The van der Waals surface area contributed by atoms with Crippen LogP contribution in [0.5, 0.6) is 11.5 Å². The van der Waals surface area contributed by atoms with E-state index < -0.39 is 17.7 Å². The fourth-order valence-corrected chi connectivity index (χ4v) is 4.00. The van der Waals surface area contributed by atoms with Crippen molar-refractivity contribution >= 4 is 17.4 Å². The Kier molecular flexibility index (Phi) is 8.49. The molecule has 1 amide bonds. The van der Waals surface area contributed by atoms with Gasteiger partial charge in [-0.15, -0.1) is 0 Å². The molecule has 180 valence electrons. The number of ketones is 1. The molecule has 7 heteroatoms. The monoisotopic (exact) mass is 464 g/mol. The molecule has 1 N–H and O–H groups in total. The number of hydrogen-bond acceptors (Lipinski definition) is 6. The second-order valence-corrected chi connectivity index (χ2v) is 8.25. The van der Waals surface area contributed by atoms with Crippen molar-refractivity contribution in [2.24, 2.45) is 0 Å². The molecule has 0 saturated carbocycles. The molecular formula is C27H32N2O5. The van der Waals surface area contributed by atoms with E-state index in [1.165, 1.54) is 4.90 Å². The van der Waals surface area contributed by atoms with Gasteiger partial charge in [0.05, 0.1) is 18.2 Å². The third kappa shape index (κ3) is 5.48. The van der Waals surface area contributed by atoms with E-state index in [0.29, 0.717) is 48.8 Å². The van der Waals surface area contributed by atoms with Crippen LogP contribution < -0.4 is 9.47 Å². The van der Waals surface area contributed by atoms with Crippen LogP contribution in [0.3, 0.4) is 0 Å². The Labute approximate surface area is 200 Å². The zero-order valence-electron chi connectivity index (χ0n) is 20.0. The number of carbonyl (C=O) groups excluding carboxylic acids is 2. The molecule has 3 rings (SSSR count). The number of hydrogen-bond donors (Lipinski definition) is 1. The number of Topliss-reactive ketones (excluding diaryl/α,β-unsaturated/α-hetero) is 1. The molecule has 7 nitrogen and oxygen atoms in total. The molecule has 0 aromatic heterocycles. The van der Waals surface area contributed by atoms with Crippen molar-refractivity contribution in [1.29, 1.82) is 0 Å². The number of likely N-dealkylation sites (tertiary alicyclic amines) is 1. The van der Waals surface area contributed by atoms with Crippen molar-refractivity contribution < 1.29 is 24.2 Å². The number of aliphatic hydroxyl groups is 1. The van der Waals surface area contributed by atoms with E-state index in [9.17, 15) is 14.7 Å². The molecule has 1 atom stereocenters. The standard InChI is InChI=1S/C27H32N2O5/c1-5-17-34-21-14-13-20(18-22(21)33-6-2)24-23(25(30)19-11-8-7-9-12-19)26(31)27(32)29(24)16-10-15-28(3)4/h5,7-9,11-14,18,24,30H,1,6,10,15-17H2,2-4H3/b25-23+. The van der Waals surface area contributed by atoms with Crippen LogP contribution in [0.2, 0.25) is 0 Å². The predicted octanol–water partition coefficient (Wildman–Crippen LogP) is 4.02. The summed E-state index contributed by atoms with van der Waals surface area (Å²) in [4.78, 5) is 29.8. The van der Waals surface area contributed by atoms with E-state index in [0.717, 1.165) is 6.54 Å². The van der Waals surface area contributed by atoms with Gasteiger partial charge in [-0.05, 0) is 51.7 Å². The average molecular weight is 465 g/mol. The van der Waals surface area contributed by atoms with Crippen LogP contribution in [0.15, 0.2) is 66.8 Å². The van der Waals surface area contributed by atoms with Gasteiger partial charge in [0, 0.05) is 12.1 Å². The van der Waals surface area contributed by atoms with Gasteiger partial charge in [-0.1, -0.05) is 49.1 Å². The first-order valence-electron chi connectivity index (χ1n) is 11.4. The first-order chi connectivity index (χ1) is 16.4. The summed E-state index contributed by atoms with van der Waals surface area (Å²) in [6.45, 7) is 7.40. The highest BCUT2D eigenvalue weighted by molar-refractivity contribution is 6.46. The number of amides is 1. The third-order valence-corrected chi connectivity index (χ3v) is 5.53. The minimum absolute atomic E-state index is 0.0725. The lowest BCUT2D eigenvalue weighted by molar-refractivity contribution is -0.139. The van der Waals surface area contributed by atoms with E-state index in [1.807, 2.05) is 32.0 Å². The summed E-state index contributed by atoms with van der Waals surface area (Å²) in [7, 11) is 3.91. The molecule has 1 saturated heterocycles. The normalized spacial score (nSPS) is 17.3. The van der Waals surface area contributed by atoms with E-state index >= 15 is 0 Å². The quantitative estimate of drug-likeness (QED) is 0.234. The van der Waals surface area contributed by atoms with Crippen LogP contribution in [0, 0.1) is 0 Å². The molecule has 2 aromatic rings. The van der Waals surface area contributed by atoms with Crippen molar-refractivity contribution in [3.05, 3.63) is 77.9 Å². The van der Waals surface area contributed by atoms with Crippen molar-refractivity contribution in [2.75, 3.05) is 40.4 Å². The smallest absolute Gasteiger partial charge is 0.295 e. The Morgan fingerprint density at radius 2 is 1.85 bits per heavy atom. The molecular weight excluding hydrogens is 432 g/mol. The Balaban J connectivity index is 2.11. The first kappa shape index (κ1) is 25.1. The molecule has 1 aliphatic rings. The van der Waals surface area contributed by atoms with Gasteiger partial charge in [-0.2, -0.15) is 0 Å². The lowest BCUT2D eigenvalue weighted by atomic mass is 9.95. The summed E-state index contributed by atoms with van der Waals surface area (Å²) in [6.07, 6.45) is 2.32. The lowest BCUT2D eigenvalue weighted by Gasteiger charge is -2.26. The van der Waals surface area contributed by atoms with Crippen LogP contribution in [-0.4, -0.2) is 67.0 Å². The SMILES string of the molecule is C=CCOc1ccc(C2/C(=C(\O)c3ccccc3)C(=O)C(=O)N2CCCN(C)C)cc1OCC. The minimum atomic E-state index is -0.741. The van der Waals surface area contributed by atoms with E-state index in [1.54, 1.807) is 48.5 Å². The molecule has 1 aliphatic heterocycles. The summed E-state index contributed by atoms with van der Waals surface area (Å²) in [5, 5.41) is 11.1. The second-order valence-electron chi connectivity index (χ2n) is 8.25. The highest BCUT2D eigenvalue weighted by Crippen LogP contribution is 2.42. The van der Waals surface area contributed by atoms with Gasteiger partial charge in [0.15, 0.2) is 11.5 Å². The number of rotatable bonds is 11. The van der Waals surface area contributed by atoms with E-state index in [-0.39, 0.29) is 11.3 Å². The minimum Gasteiger partial charge on any atom is -0.507 e. The lowest BCUT2D eigenvalue weighted by Crippen LogP contribution is -2.32. The maximum absolute atomic E-state index is 13.1. The summed E-state index contributed by atoms with van der Waals surface area (Å²) in [5.74, 6) is -0.463. The van der Waals surface area contributed by atoms with Gasteiger partial charge in [-0.3, -0.25) is 9.59 Å². The van der Waals surface area contributed by atoms with Crippen LogP contribution in [0.1, 0.15) is 30.5 Å². The average Bonchev–Trinajstić information content (AvgIpc) is 3.08. The summed E-state index contributed by atoms with van der Waals surface area (Å²) >= 11 is 0. The van der Waals surface area contributed by atoms with E-state index in [4.69, 9.17) is 9.47 Å². The summed E-state index contributed by atoms with van der Waals surface area (Å²) in [6, 6.07) is 13.4. The zero-order valence-corrected chi connectivity index (χ0v) is 20.0. The second kappa shape index (κ2) is 11.5. The molecule has 0 aliphatic carbocycles. The number of aliphatic hydroxyl groups excluding tert-OH is 1. The van der Waals surface area contributed by atoms with Crippen LogP contribution >= 0.6 is 0 Å². The molecule has 34 heavy (non-hydrogen) atoms. The third-order valence-electron chi connectivity index (χ3n) is 5.53. The van der Waals surface area contributed by atoms with Gasteiger partial charge in [0.2, 0.25) is 0 Å². The Hall–Kier alpha value is -3.58. The van der Waals surface area contributed by atoms with Crippen LogP contribution in [0.25, 0.3) is 5.76 Å². The molecule has 2 aromatic carbocycles. The Morgan fingerprint density at radius 1 is 1.12 bits per heavy atom. The summed E-state index contributed by atoms with van der Waals surface area (Å²) < 4.78 is 11.5.